The molecule has 0 N–H and O–H groups in total. The molecule has 2 rings (SSSR count). The number of amides is 1. The number of likely N-dealkylation sites (tertiary alicyclic amines) is 1. The summed E-state index contributed by atoms with van der Waals surface area (Å²) in [4.78, 5) is 14.5. The number of piperidine rings is 1. The number of hydrogen-bond donors (Lipinski definition) is 0. The van der Waals surface area contributed by atoms with E-state index in [1.165, 1.54) is 6.42 Å². The van der Waals surface area contributed by atoms with Gasteiger partial charge in [0.05, 0.1) is 18.2 Å². The van der Waals surface area contributed by atoms with E-state index >= 15 is 0 Å². The minimum Gasteiger partial charge on any atom is -0.490 e. The van der Waals surface area contributed by atoms with Crippen molar-refractivity contribution in [1.82, 2.24) is 4.90 Å². The maximum atomic E-state index is 12.6. The van der Waals surface area contributed by atoms with Gasteiger partial charge in [-0.25, -0.2) is 0 Å². The molecule has 4 nitrogen and oxygen atoms in total. The highest BCUT2D eigenvalue weighted by Gasteiger charge is 2.21. The van der Waals surface area contributed by atoms with Gasteiger partial charge < -0.3 is 14.4 Å². The van der Waals surface area contributed by atoms with E-state index in [2.05, 4.69) is 0 Å². The Balaban J connectivity index is 2.26. The van der Waals surface area contributed by atoms with E-state index in [0.29, 0.717) is 35.3 Å². The third-order valence-corrected chi connectivity index (χ3v) is 3.93. The molecule has 0 saturated carbocycles. The molecule has 0 unspecified atom stereocenters. The Hall–Kier alpha value is -1.42. The van der Waals surface area contributed by atoms with Gasteiger partial charge >= 0.3 is 0 Å². The molecular weight excluding hydrogens is 302 g/mol. The molecule has 5 heteroatoms. The van der Waals surface area contributed by atoms with Crippen LogP contribution < -0.4 is 9.47 Å². The van der Waals surface area contributed by atoms with Gasteiger partial charge in [-0.3, -0.25) is 4.79 Å². The van der Waals surface area contributed by atoms with Crippen LogP contribution in [0.5, 0.6) is 11.5 Å². The summed E-state index contributed by atoms with van der Waals surface area (Å²) in [5.74, 6) is 1.09. The topological polar surface area (TPSA) is 38.8 Å². The molecule has 1 aromatic rings. The van der Waals surface area contributed by atoms with Gasteiger partial charge in [0.2, 0.25) is 0 Å². The van der Waals surface area contributed by atoms with E-state index < -0.39 is 0 Å². The summed E-state index contributed by atoms with van der Waals surface area (Å²) in [5, 5.41) is 0.430. The monoisotopic (exact) mass is 325 g/mol. The molecule has 1 amide bonds. The Bertz CT molecular complexity index is 513. The van der Waals surface area contributed by atoms with E-state index in [-0.39, 0.29) is 5.91 Å². The van der Waals surface area contributed by atoms with Crippen molar-refractivity contribution in [3.8, 4) is 11.5 Å². The van der Waals surface area contributed by atoms with Crippen LogP contribution in [-0.4, -0.2) is 37.1 Å². The van der Waals surface area contributed by atoms with Crippen molar-refractivity contribution in [1.29, 1.82) is 0 Å². The van der Waals surface area contributed by atoms with Crippen LogP contribution in [0.25, 0.3) is 0 Å². The molecule has 1 aliphatic heterocycles. The SMILES string of the molecule is CCCOc1c(Cl)cc(C(=O)N2CCCCC2)cc1OCC. The molecule has 1 aromatic carbocycles. The highest BCUT2D eigenvalue weighted by atomic mass is 35.5. The van der Waals surface area contributed by atoms with Gasteiger partial charge in [-0.2, -0.15) is 0 Å². The van der Waals surface area contributed by atoms with Gasteiger partial charge in [0.15, 0.2) is 11.5 Å². The quantitative estimate of drug-likeness (QED) is 0.788. The van der Waals surface area contributed by atoms with Gasteiger partial charge in [-0.1, -0.05) is 18.5 Å². The van der Waals surface area contributed by atoms with Crippen LogP contribution in [0.4, 0.5) is 0 Å². The minimum atomic E-state index is 0.0181. The van der Waals surface area contributed by atoms with Gasteiger partial charge in [0.1, 0.15) is 0 Å². The lowest BCUT2D eigenvalue weighted by Gasteiger charge is -2.27. The number of rotatable bonds is 6. The molecule has 122 valence electrons. The lowest BCUT2D eigenvalue weighted by atomic mass is 10.1. The smallest absolute Gasteiger partial charge is 0.254 e. The van der Waals surface area contributed by atoms with E-state index in [9.17, 15) is 4.79 Å². The lowest BCUT2D eigenvalue weighted by molar-refractivity contribution is 0.0724. The van der Waals surface area contributed by atoms with E-state index in [0.717, 1.165) is 32.4 Å². The first-order valence-corrected chi connectivity index (χ1v) is 8.43. The first kappa shape index (κ1) is 16.9. The summed E-state index contributed by atoms with van der Waals surface area (Å²) in [6.45, 7) is 6.63. The largest absolute Gasteiger partial charge is 0.490 e. The van der Waals surface area contributed by atoms with Gasteiger partial charge in [0.25, 0.3) is 5.91 Å². The van der Waals surface area contributed by atoms with E-state index in [4.69, 9.17) is 21.1 Å². The van der Waals surface area contributed by atoms with E-state index in [1.54, 1.807) is 12.1 Å². The zero-order valence-corrected chi connectivity index (χ0v) is 14.1. The zero-order chi connectivity index (χ0) is 15.9. The number of benzene rings is 1. The molecule has 0 bridgehead atoms. The van der Waals surface area contributed by atoms with Crippen LogP contribution in [0.15, 0.2) is 12.1 Å². The Morgan fingerprint density at radius 1 is 1.18 bits per heavy atom. The van der Waals surface area contributed by atoms with Crippen LogP contribution in [-0.2, 0) is 0 Å². The second kappa shape index (κ2) is 8.28. The normalized spacial score (nSPS) is 14.8. The number of ether oxygens (including phenoxy) is 2. The van der Waals surface area contributed by atoms with Crippen molar-refractivity contribution in [2.75, 3.05) is 26.3 Å². The van der Waals surface area contributed by atoms with Crippen molar-refractivity contribution < 1.29 is 14.3 Å². The van der Waals surface area contributed by atoms with Gasteiger partial charge in [-0.15, -0.1) is 0 Å². The fraction of sp³-hybridized carbons (Fsp3) is 0.588. The number of nitrogens with zero attached hydrogens (tertiary/aromatic N) is 1. The van der Waals surface area contributed by atoms with E-state index in [1.807, 2.05) is 18.7 Å². The molecule has 22 heavy (non-hydrogen) atoms. The first-order chi connectivity index (χ1) is 10.7. The van der Waals surface area contributed by atoms with Crippen LogP contribution in [0.3, 0.4) is 0 Å². The van der Waals surface area contributed by atoms with Crippen molar-refractivity contribution in [3.05, 3.63) is 22.7 Å². The Kier molecular flexibility index (Phi) is 6.37. The summed E-state index contributed by atoms with van der Waals surface area (Å²) >= 11 is 6.31. The Morgan fingerprint density at radius 2 is 1.91 bits per heavy atom. The van der Waals surface area contributed by atoms with Crippen molar-refractivity contribution in [2.24, 2.45) is 0 Å². The molecule has 0 atom stereocenters. The maximum absolute atomic E-state index is 12.6. The van der Waals surface area contributed by atoms with Gasteiger partial charge in [-0.05, 0) is 44.7 Å². The minimum absolute atomic E-state index is 0.0181. The molecule has 1 saturated heterocycles. The third kappa shape index (κ3) is 4.07. The highest BCUT2D eigenvalue weighted by Crippen LogP contribution is 2.37. The summed E-state index contributed by atoms with van der Waals surface area (Å²) in [6.07, 6.45) is 4.21. The Labute approximate surface area is 137 Å². The predicted molar refractivity (Wildman–Crippen MR) is 88.2 cm³/mol. The molecule has 0 radical (unpaired) electrons. The van der Waals surface area contributed by atoms with Crippen LogP contribution >= 0.6 is 11.6 Å². The molecule has 0 aromatic heterocycles. The zero-order valence-electron chi connectivity index (χ0n) is 13.4. The standard InChI is InChI=1S/C17H24ClNO3/c1-3-10-22-16-14(18)11-13(12-15(16)21-4-2)17(20)19-8-6-5-7-9-19/h11-12H,3-10H2,1-2H3. The average molecular weight is 326 g/mol. The number of carbonyl (C=O) groups is 1. The number of hydrogen-bond acceptors (Lipinski definition) is 3. The summed E-state index contributed by atoms with van der Waals surface area (Å²) in [5.41, 5.74) is 0.569. The molecule has 0 spiro atoms. The predicted octanol–water partition coefficient (Wildman–Crippen LogP) is 4.15. The van der Waals surface area contributed by atoms with Gasteiger partial charge in [0, 0.05) is 18.7 Å². The summed E-state index contributed by atoms with van der Waals surface area (Å²) in [6, 6.07) is 3.43. The highest BCUT2D eigenvalue weighted by molar-refractivity contribution is 6.32. The maximum Gasteiger partial charge on any atom is 0.254 e. The molecule has 1 heterocycles. The first-order valence-electron chi connectivity index (χ1n) is 8.05. The van der Waals surface area contributed by atoms with Crippen LogP contribution in [0.2, 0.25) is 5.02 Å². The fourth-order valence-electron chi connectivity index (χ4n) is 2.58. The van der Waals surface area contributed by atoms with Crippen molar-refractivity contribution in [3.63, 3.8) is 0 Å². The molecule has 0 aliphatic carbocycles. The molecule has 1 fully saturated rings. The second-order valence-corrected chi connectivity index (χ2v) is 5.83. The fourth-order valence-corrected chi connectivity index (χ4v) is 2.84. The van der Waals surface area contributed by atoms with Crippen LogP contribution in [0.1, 0.15) is 49.9 Å². The number of carbonyl (C=O) groups excluding carboxylic acids is 1. The second-order valence-electron chi connectivity index (χ2n) is 5.42. The summed E-state index contributed by atoms with van der Waals surface area (Å²) < 4.78 is 11.3. The van der Waals surface area contributed by atoms with Crippen molar-refractivity contribution >= 4 is 17.5 Å². The summed E-state index contributed by atoms with van der Waals surface area (Å²) in [7, 11) is 0. The molecule has 1 aliphatic rings. The van der Waals surface area contributed by atoms with Crippen molar-refractivity contribution in [2.45, 2.75) is 39.5 Å². The lowest BCUT2D eigenvalue weighted by Crippen LogP contribution is -2.35. The van der Waals surface area contributed by atoms with Crippen LogP contribution in [0, 0.1) is 0 Å². The number of halogens is 1. The molecular formula is C17H24ClNO3. The Morgan fingerprint density at radius 3 is 2.55 bits per heavy atom. The third-order valence-electron chi connectivity index (χ3n) is 3.65. The average Bonchev–Trinajstić information content (AvgIpc) is 2.54.